The number of anilines is 2. The number of thiocarbonyl (C=S) groups is 1. The summed E-state index contributed by atoms with van der Waals surface area (Å²) in [6, 6.07) is 4.78. The van der Waals surface area contributed by atoms with Crippen molar-refractivity contribution in [1.82, 2.24) is 5.32 Å². The molecule has 2 aliphatic rings. The molecule has 0 radical (unpaired) electrons. The average Bonchev–Trinajstić information content (AvgIpc) is 3.01. The number of hydrogen-bond donors (Lipinski definition) is 1. The average molecular weight is 369 g/mol. The van der Waals surface area contributed by atoms with Gasteiger partial charge in [-0.3, -0.25) is 4.90 Å². The zero-order valence-electron chi connectivity index (χ0n) is 13.9. The lowest BCUT2D eigenvalue weighted by Gasteiger charge is -2.29. The Labute approximate surface area is 150 Å². The number of morpholine rings is 1. The number of cyclic esters (lactones) is 1. The summed E-state index contributed by atoms with van der Waals surface area (Å²) in [7, 11) is 1.46. The van der Waals surface area contributed by atoms with Crippen molar-refractivity contribution in [3.05, 3.63) is 24.0 Å². The summed E-state index contributed by atoms with van der Waals surface area (Å²) in [6.45, 7) is 3.11. The van der Waals surface area contributed by atoms with Crippen molar-refractivity contribution in [3.63, 3.8) is 0 Å². The van der Waals surface area contributed by atoms with Gasteiger partial charge in [-0.1, -0.05) is 0 Å². The quantitative estimate of drug-likeness (QED) is 0.807. The maximum atomic E-state index is 14.5. The monoisotopic (exact) mass is 369 g/mol. The molecular weight excluding hydrogens is 349 g/mol. The van der Waals surface area contributed by atoms with E-state index < -0.39 is 6.09 Å². The predicted molar refractivity (Wildman–Crippen MR) is 94.7 cm³/mol. The Morgan fingerprint density at radius 3 is 2.88 bits per heavy atom. The van der Waals surface area contributed by atoms with E-state index in [-0.39, 0.29) is 17.1 Å². The van der Waals surface area contributed by atoms with Gasteiger partial charge < -0.3 is 24.4 Å². The van der Waals surface area contributed by atoms with Gasteiger partial charge in [-0.05, 0) is 30.4 Å². The molecule has 1 atom stereocenters. The summed E-state index contributed by atoms with van der Waals surface area (Å²) in [4.78, 5) is 15.4. The van der Waals surface area contributed by atoms with Gasteiger partial charge in [0.05, 0.1) is 44.8 Å². The first-order chi connectivity index (χ1) is 12.1. The normalized spacial score (nSPS) is 20.4. The van der Waals surface area contributed by atoms with Crippen molar-refractivity contribution < 1.29 is 23.4 Å². The van der Waals surface area contributed by atoms with Crippen LogP contribution in [0.4, 0.5) is 20.6 Å². The smallest absolute Gasteiger partial charge is 0.414 e. The standard InChI is InChI=1S/C16H20FN3O4S/c1-22-15(25)18-9-12-10-20(16(21)24-12)11-2-3-14(13(17)8-11)19-4-6-23-7-5-19/h2-3,8,12H,4-7,9-10H2,1H3,(H,18,25)/t12-/m0/s1. The first-order valence-electron chi connectivity index (χ1n) is 8.00. The molecule has 2 heterocycles. The SMILES string of the molecule is COC(=S)NC[C@H]1CN(c2ccc(N3CCOCC3)c(F)c2)C(=O)O1. The first kappa shape index (κ1) is 17.7. The van der Waals surface area contributed by atoms with E-state index in [1.807, 2.05) is 4.90 Å². The van der Waals surface area contributed by atoms with E-state index in [9.17, 15) is 9.18 Å². The molecule has 0 unspecified atom stereocenters. The fourth-order valence-electron chi connectivity index (χ4n) is 2.83. The molecule has 1 N–H and O–H groups in total. The molecule has 1 amide bonds. The van der Waals surface area contributed by atoms with Crippen LogP contribution in [0.15, 0.2) is 18.2 Å². The molecule has 0 aromatic heterocycles. The Balaban J connectivity index is 1.66. The number of amides is 1. The number of nitrogens with one attached hydrogen (secondary N) is 1. The van der Waals surface area contributed by atoms with Crippen LogP contribution < -0.4 is 15.1 Å². The van der Waals surface area contributed by atoms with Crippen LogP contribution in [0, 0.1) is 5.82 Å². The van der Waals surface area contributed by atoms with Gasteiger partial charge in [0.1, 0.15) is 11.9 Å². The Kier molecular flexibility index (Phi) is 5.54. The lowest BCUT2D eigenvalue weighted by Crippen LogP contribution is -2.37. The Bertz CT molecular complexity index is 654. The van der Waals surface area contributed by atoms with E-state index in [1.54, 1.807) is 12.1 Å². The van der Waals surface area contributed by atoms with Gasteiger partial charge in [-0.25, -0.2) is 9.18 Å². The topological polar surface area (TPSA) is 63.3 Å². The molecule has 2 aliphatic heterocycles. The number of hydrogen-bond acceptors (Lipinski definition) is 6. The van der Waals surface area contributed by atoms with Gasteiger partial charge >= 0.3 is 6.09 Å². The van der Waals surface area contributed by atoms with Crippen LogP contribution in [-0.4, -0.2) is 63.9 Å². The minimum Gasteiger partial charge on any atom is -0.474 e. The summed E-state index contributed by atoms with van der Waals surface area (Å²) >= 11 is 4.89. The number of benzene rings is 1. The van der Waals surface area contributed by atoms with Crippen LogP contribution in [0.2, 0.25) is 0 Å². The van der Waals surface area contributed by atoms with E-state index in [4.69, 9.17) is 26.4 Å². The number of carbonyl (C=O) groups excluding carboxylic acids is 1. The number of methoxy groups -OCH3 is 1. The van der Waals surface area contributed by atoms with Crippen molar-refractivity contribution in [2.75, 3.05) is 56.3 Å². The molecule has 9 heteroatoms. The van der Waals surface area contributed by atoms with Crippen LogP contribution >= 0.6 is 12.2 Å². The van der Waals surface area contributed by atoms with E-state index in [2.05, 4.69) is 5.32 Å². The number of nitrogens with zero attached hydrogens (tertiary/aromatic N) is 2. The molecular formula is C16H20FN3O4S. The van der Waals surface area contributed by atoms with Crippen molar-refractivity contribution in [3.8, 4) is 0 Å². The lowest BCUT2D eigenvalue weighted by atomic mass is 10.2. The Morgan fingerprint density at radius 1 is 1.44 bits per heavy atom. The van der Waals surface area contributed by atoms with Gasteiger partial charge in [-0.15, -0.1) is 0 Å². The first-order valence-corrected chi connectivity index (χ1v) is 8.41. The summed E-state index contributed by atoms with van der Waals surface area (Å²) in [6.07, 6.45) is -0.892. The van der Waals surface area contributed by atoms with E-state index >= 15 is 0 Å². The molecule has 0 saturated carbocycles. The number of carbonyl (C=O) groups is 1. The largest absolute Gasteiger partial charge is 0.474 e. The van der Waals surface area contributed by atoms with E-state index in [0.717, 1.165) is 0 Å². The zero-order chi connectivity index (χ0) is 17.8. The molecule has 0 bridgehead atoms. The highest BCUT2D eigenvalue weighted by molar-refractivity contribution is 7.80. The second-order valence-electron chi connectivity index (χ2n) is 5.72. The molecule has 1 aromatic carbocycles. The van der Waals surface area contributed by atoms with Gasteiger partial charge in [0, 0.05) is 13.1 Å². The summed E-state index contributed by atoms with van der Waals surface area (Å²) in [5.74, 6) is -0.366. The highest BCUT2D eigenvalue weighted by Crippen LogP contribution is 2.28. The second-order valence-corrected chi connectivity index (χ2v) is 6.09. The number of ether oxygens (including phenoxy) is 3. The summed E-state index contributed by atoms with van der Waals surface area (Å²) in [5, 5.41) is 3.07. The molecule has 0 aliphatic carbocycles. The van der Waals surface area contributed by atoms with Gasteiger partial charge in [0.15, 0.2) is 0 Å². The van der Waals surface area contributed by atoms with Crippen LogP contribution in [0.3, 0.4) is 0 Å². The van der Waals surface area contributed by atoms with Crippen molar-refractivity contribution in [2.45, 2.75) is 6.10 Å². The zero-order valence-corrected chi connectivity index (χ0v) is 14.7. The molecule has 3 rings (SSSR count). The molecule has 0 spiro atoms. The number of halogens is 1. The Hall–Kier alpha value is -2.13. The molecule has 1 aromatic rings. The van der Waals surface area contributed by atoms with Crippen LogP contribution in [0.25, 0.3) is 0 Å². The summed E-state index contributed by atoms with van der Waals surface area (Å²) in [5.41, 5.74) is 0.986. The third-order valence-electron chi connectivity index (χ3n) is 4.13. The summed E-state index contributed by atoms with van der Waals surface area (Å²) < 4.78 is 29.9. The van der Waals surface area contributed by atoms with Gasteiger partial charge in [0.25, 0.3) is 5.17 Å². The van der Waals surface area contributed by atoms with Crippen molar-refractivity contribution in [1.29, 1.82) is 0 Å². The van der Waals surface area contributed by atoms with Gasteiger partial charge in [0.2, 0.25) is 0 Å². The molecule has 25 heavy (non-hydrogen) atoms. The van der Waals surface area contributed by atoms with E-state index in [1.165, 1.54) is 18.1 Å². The lowest BCUT2D eigenvalue weighted by molar-refractivity contribution is 0.122. The van der Waals surface area contributed by atoms with Crippen LogP contribution in [0.1, 0.15) is 0 Å². The maximum absolute atomic E-state index is 14.5. The molecule has 2 fully saturated rings. The number of rotatable bonds is 4. The highest BCUT2D eigenvalue weighted by atomic mass is 32.1. The molecule has 7 nitrogen and oxygen atoms in total. The minimum atomic E-state index is -0.506. The second kappa shape index (κ2) is 7.83. The third kappa shape index (κ3) is 4.10. The van der Waals surface area contributed by atoms with Crippen LogP contribution in [-0.2, 0) is 14.2 Å². The third-order valence-corrected chi connectivity index (χ3v) is 4.44. The van der Waals surface area contributed by atoms with Crippen molar-refractivity contribution >= 4 is 34.9 Å². The fraction of sp³-hybridized carbons (Fsp3) is 0.500. The predicted octanol–water partition coefficient (Wildman–Crippen LogP) is 1.51. The molecule has 2 saturated heterocycles. The fourth-order valence-corrected chi connectivity index (χ4v) is 2.92. The highest BCUT2D eigenvalue weighted by Gasteiger charge is 2.33. The van der Waals surface area contributed by atoms with E-state index in [0.29, 0.717) is 50.8 Å². The van der Waals surface area contributed by atoms with Gasteiger partial charge in [-0.2, -0.15) is 0 Å². The van der Waals surface area contributed by atoms with Crippen molar-refractivity contribution in [2.24, 2.45) is 0 Å². The maximum Gasteiger partial charge on any atom is 0.414 e. The minimum absolute atomic E-state index is 0.232. The molecule has 136 valence electrons. The van der Waals surface area contributed by atoms with Crippen LogP contribution in [0.5, 0.6) is 0 Å². The Morgan fingerprint density at radius 2 is 2.20 bits per heavy atom.